The average molecular weight is 491 g/mol. The summed E-state index contributed by atoms with van der Waals surface area (Å²) in [6.45, 7) is 0.230. The van der Waals surface area contributed by atoms with Crippen LogP contribution in [-0.4, -0.2) is 11.9 Å². The summed E-state index contributed by atoms with van der Waals surface area (Å²) in [6, 6.07) is 33.5. The smallest absolute Gasteiger partial charge is 0.321 e. The highest BCUT2D eigenvalue weighted by Crippen LogP contribution is 2.39. The lowest BCUT2D eigenvalue weighted by atomic mass is 9.75. The Kier molecular flexibility index (Phi) is 7.75. The van der Waals surface area contributed by atoms with Crippen LogP contribution in [0.3, 0.4) is 0 Å². The number of hydrogen-bond acceptors (Lipinski definition) is 4. The van der Waals surface area contributed by atoms with Gasteiger partial charge in [-0.3, -0.25) is 9.59 Å². The summed E-state index contributed by atoms with van der Waals surface area (Å²) in [5.41, 5.74) is 3.79. The van der Waals surface area contributed by atoms with E-state index in [1.807, 2.05) is 72.8 Å². The number of esters is 2. The molecule has 0 radical (unpaired) electrons. The Balaban J connectivity index is 1.43. The lowest BCUT2D eigenvalue weighted by Crippen LogP contribution is -2.35. The first-order valence-electron chi connectivity index (χ1n) is 12.8. The Morgan fingerprint density at radius 1 is 0.703 bits per heavy atom. The van der Waals surface area contributed by atoms with E-state index >= 15 is 0 Å². The molecular weight excluding hydrogens is 460 g/mol. The molecule has 0 N–H and O–H groups in total. The van der Waals surface area contributed by atoms with Gasteiger partial charge in [-0.05, 0) is 58.4 Å². The van der Waals surface area contributed by atoms with Crippen molar-refractivity contribution in [2.75, 3.05) is 0 Å². The lowest BCUT2D eigenvalue weighted by Gasteiger charge is -2.30. The van der Waals surface area contributed by atoms with E-state index in [9.17, 15) is 9.59 Å². The van der Waals surface area contributed by atoms with Crippen molar-refractivity contribution in [3.8, 4) is 0 Å². The standard InChI is InChI=1S/C33H30O4/c34-32(36-22-24-11-3-1-4-12-24)31(33(35)37-23-25-13-5-2-6-14-25)30-18-10-9-17-29(30)28-20-19-26-15-7-8-16-27(26)21-28/h1-8,11-17,19-21,30-31H,9-10,18,22-23H2. The molecule has 1 atom stereocenters. The highest BCUT2D eigenvalue weighted by atomic mass is 16.6. The number of benzene rings is 4. The molecule has 4 aromatic rings. The first kappa shape index (κ1) is 24.5. The third-order valence-electron chi connectivity index (χ3n) is 6.92. The largest absolute Gasteiger partial charge is 0.460 e. The van der Waals surface area contributed by atoms with Crippen LogP contribution < -0.4 is 0 Å². The molecule has 5 rings (SSSR count). The van der Waals surface area contributed by atoms with Gasteiger partial charge in [0, 0.05) is 5.92 Å². The molecule has 0 heterocycles. The minimum absolute atomic E-state index is 0.115. The maximum atomic E-state index is 13.5. The summed E-state index contributed by atoms with van der Waals surface area (Å²) in [5, 5.41) is 2.28. The average Bonchev–Trinajstić information content (AvgIpc) is 2.96. The first-order chi connectivity index (χ1) is 18.2. The Hall–Kier alpha value is -4.18. The van der Waals surface area contributed by atoms with Crippen molar-refractivity contribution in [2.45, 2.75) is 32.5 Å². The van der Waals surface area contributed by atoms with E-state index in [0.29, 0.717) is 6.42 Å². The van der Waals surface area contributed by atoms with E-state index in [2.05, 4.69) is 36.4 Å². The second-order valence-electron chi connectivity index (χ2n) is 9.42. The summed E-state index contributed by atoms with van der Waals surface area (Å²) >= 11 is 0. The first-order valence-corrected chi connectivity index (χ1v) is 12.8. The van der Waals surface area contributed by atoms with Gasteiger partial charge in [0.25, 0.3) is 0 Å². The minimum Gasteiger partial charge on any atom is -0.460 e. The highest BCUT2D eigenvalue weighted by Gasteiger charge is 2.40. The molecule has 0 saturated heterocycles. The fraction of sp³-hybridized carbons (Fsp3) is 0.212. The fourth-order valence-corrected chi connectivity index (χ4v) is 5.01. The monoisotopic (exact) mass is 490 g/mol. The molecule has 0 spiro atoms. The van der Waals surface area contributed by atoms with E-state index < -0.39 is 17.9 Å². The normalized spacial score (nSPS) is 15.3. The summed E-state index contributed by atoms with van der Waals surface area (Å²) < 4.78 is 11.4. The molecule has 0 bridgehead atoms. The van der Waals surface area contributed by atoms with Gasteiger partial charge in [0.1, 0.15) is 13.2 Å². The zero-order chi connectivity index (χ0) is 25.5. The van der Waals surface area contributed by atoms with Gasteiger partial charge in [-0.2, -0.15) is 0 Å². The molecule has 0 fully saturated rings. The van der Waals surface area contributed by atoms with E-state index in [4.69, 9.17) is 9.47 Å². The Labute approximate surface area is 217 Å². The van der Waals surface area contributed by atoms with Crippen molar-refractivity contribution in [2.24, 2.45) is 11.8 Å². The maximum absolute atomic E-state index is 13.5. The van der Waals surface area contributed by atoms with Crippen LogP contribution in [0.4, 0.5) is 0 Å². The van der Waals surface area contributed by atoms with Crippen LogP contribution in [0, 0.1) is 11.8 Å². The van der Waals surface area contributed by atoms with Crippen LogP contribution in [0.1, 0.15) is 36.0 Å². The molecule has 0 aliphatic heterocycles. The van der Waals surface area contributed by atoms with Gasteiger partial charge in [0.15, 0.2) is 5.92 Å². The minimum atomic E-state index is -1.04. The van der Waals surface area contributed by atoms with Crippen LogP contribution in [0.15, 0.2) is 109 Å². The number of rotatable bonds is 8. The van der Waals surface area contributed by atoms with Crippen LogP contribution in [-0.2, 0) is 32.3 Å². The molecule has 0 saturated carbocycles. The molecule has 4 aromatic carbocycles. The predicted octanol–water partition coefficient (Wildman–Crippen LogP) is 7.13. The Morgan fingerprint density at radius 3 is 1.89 bits per heavy atom. The van der Waals surface area contributed by atoms with Gasteiger partial charge in [-0.25, -0.2) is 0 Å². The molecule has 1 aliphatic rings. The maximum Gasteiger partial charge on any atom is 0.321 e. The number of fused-ring (bicyclic) bond motifs is 1. The van der Waals surface area contributed by atoms with Gasteiger partial charge >= 0.3 is 11.9 Å². The van der Waals surface area contributed by atoms with Crippen LogP contribution in [0.2, 0.25) is 0 Å². The van der Waals surface area contributed by atoms with Crippen molar-refractivity contribution >= 4 is 28.3 Å². The van der Waals surface area contributed by atoms with Crippen molar-refractivity contribution < 1.29 is 19.1 Å². The summed E-state index contributed by atoms with van der Waals surface area (Å²) in [5.74, 6) is -2.44. The Bertz CT molecular complexity index is 1340. The molecule has 4 heteroatoms. The lowest BCUT2D eigenvalue weighted by molar-refractivity contribution is -0.165. The van der Waals surface area contributed by atoms with Crippen LogP contribution in [0.5, 0.6) is 0 Å². The van der Waals surface area contributed by atoms with E-state index in [1.54, 1.807) is 0 Å². The zero-order valence-corrected chi connectivity index (χ0v) is 20.7. The molecule has 186 valence electrons. The third kappa shape index (κ3) is 5.97. The van der Waals surface area contributed by atoms with E-state index in [1.165, 1.54) is 0 Å². The van der Waals surface area contributed by atoms with Crippen LogP contribution in [0.25, 0.3) is 16.3 Å². The number of allylic oxidation sites excluding steroid dienone is 2. The summed E-state index contributed by atoms with van der Waals surface area (Å²) in [6.07, 6.45) is 4.68. The molecule has 0 aromatic heterocycles. The highest BCUT2D eigenvalue weighted by molar-refractivity contribution is 5.98. The van der Waals surface area contributed by atoms with Gasteiger partial charge in [0.05, 0.1) is 0 Å². The van der Waals surface area contributed by atoms with E-state index in [0.717, 1.165) is 45.9 Å². The third-order valence-corrected chi connectivity index (χ3v) is 6.92. The van der Waals surface area contributed by atoms with Crippen molar-refractivity contribution in [3.63, 3.8) is 0 Å². The fourth-order valence-electron chi connectivity index (χ4n) is 5.01. The number of carbonyl (C=O) groups is 2. The molecule has 37 heavy (non-hydrogen) atoms. The van der Waals surface area contributed by atoms with Gasteiger partial charge in [0.2, 0.25) is 0 Å². The second-order valence-corrected chi connectivity index (χ2v) is 9.42. The topological polar surface area (TPSA) is 52.6 Å². The number of ether oxygens (including phenoxy) is 2. The summed E-state index contributed by atoms with van der Waals surface area (Å²) in [4.78, 5) is 27.0. The second kappa shape index (κ2) is 11.7. The predicted molar refractivity (Wildman–Crippen MR) is 145 cm³/mol. The van der Waals surface area contributed by atoms with Crippen molar-refractivity contribution in [3.05, 3.63) is 126 Å². The molecule has 1 aliphatic carbocycles. The van der Waals surface area contributed by atoms with Crippen molar-refractivity contribution in [1.29, 1.82) is 0 Å². The molecule has 4 nitrogen and oxygen atoms in total. The quantitative estimate of drug-likeness (QED) is 0.195. The van der Waals surface area contributed by atoms with E-state index in [-0.39, 0.29) is 19.1 Å². The van der Waals surface area contributed by atoms with Crippen molar-refractivity contribution in [1.82, 2.24) is 0 Å². The molecule has 1 unspecified atom stereocenters. The van der Waals surface area contributed by atoms with Gasteiger partial charge < -0.3 is 9.47 Å². The molecule has 0 amide bonds. The number of carbonyl (C=O) groups excluding carboxylic acids is 2. The van der Waals surface area contributed by atoms with Gasteiger partial charge in [-0.15, -0.1) is 0 Å². The zero-order valence-electron chi connectivity index (χ0n) is 20.7. The summed E-state index contributed by atoms with van der Waals surface area (Å²) in [7, 11) is 0. The molecular formula is C33H30O4. The number of hydrogen-bond donors (Lipinski definition) is 0. The SMILES string of the molecule is O=C(OCc1ccccc1)C(C(=O)OCc1ccccc1)C1CCCC=C1c1ccc2ccccc2c1. The van der Waals surface area contributed by atoms with Crippen LogP contribution >= 0.6 is 0 Å². The van der Waals surface area contributed by atoms with Gasteiger partial charge in [-0.1, -0.05) is 103 Å². The Morgan fingerprint density at radius 2 is 1.27 bits per heavy atom.